The fourth-order valence-corrected chi connectivity index (χ4v) is 3.17. The van der Waals surface area contributed by atoms with Crippen molar-refractivity contribution in [3.63, 3.8) is 0 Å². The van der Waals surface area contributed by atoms with E-state index in [2.05, 4.69) is 10.4 Å². The Labute approximate surface area is 157 Å². The van der Waals surface area contributed by atoms with Crippen LogP contribution < -0.4 is 11.1 Å². The van der Waals surface area contributed by atoms with Gasteiger partial charge in [0.2, 0.25) is 11.8 Å². The van der Waals surface area contributed by atoms with Gasteiger partial charge in [0, 0.05) is 25.9 Å². The quantitative estimate of drug-likeness (QED) is 0.762. The third kappa shape index (κ3) is 3.99. The SMILES string of the molecule is CC(=O)NCC(=O)N1CC[C@H](C(=O)c2cnn(-c3ccc(C)cc3)c2N)C1. The van der Waals surface area contributed by atoms with Gasteiger partial charge in [0.1, 0.15) is 5.82 Å². The van der Waals surface area contributed by atoms with Crippen molar-refractivity contribution in [1.29, 1.82) is 0 Å². The van der Waals surface area contributed by atoms with Gasteiger partial charge in [-0.1, -0.05) is 17.7 Å². The van der Waals surface area contributed by atoms with Gasteiger partial charge in [-0.2, -0.15) is 5.10 Å². The third-order valence-corrected chi connectivity index (χ3v) is 4.75. The highest BCUT2D eigenvalue weighted by Gasteiger charge is 2.33. The predicted molar refractivity (Wildman–Crippen MR) is 100 cm³/mol. The van der Waals surface area contributed by atoms with Crippen LogP contribution in [0.25, 0.3) is 5.69 Å². The zero-order valence-electron chi connectivity index (χ0n) is 15.4. The molecule has 8 heteroatoms. The molecule has 0 radical (unpaired) electrons. The topological polar surface area (TPSA) is 110 Å². The number of aromatic nitrogens is 2. The number of nitrogens with two attached hydrogens (primary N) is 1. The summed E-state index contributed by atoms with van der Waals surface area (Å²) >= 11 is 0. The number of carbonyl (C=O) groups is 3. The summed E-state index contributed by atoms with van der Waals surface area (Å²) in [6.07, 6.45) is 2.05. The molecule has 2 heterocycles. The number of amides is 2. The number of carbonyl (C=O) groups excluding carboxylic acids is 3. The molecule has 1 aromatic carbocycles. The van der Waals surface area contributed by atoms with Crippen LogP contribution in [0.2, 0.25) is 0 Å². The van der Waals surface area contributed by atoms with Gasteiger partial charge >= 0.3 is 0 Å². The first kappa shape index (κ1) is 18.6. The summed E-state index contributed by atoms with van der Waals surface area (Å²) in [5.41, 5.74) is 8.45. The van der Waals surface area contributed by atoms with Gasteiger partial charge in [-0.05, 0) is 25.5 Å². The highest BCUT2D eigenvalue weighted by atomic mass is 16.2. The smallest absolute Gasteiger partial charge is 0.241 e. The van der Waals surface area contributed by atoms with E-state index >= 15 is 0 Å². The van der Waals surface area contributed by atoms with Crippen LogP contribution in [0.1, 0.15) is 29.3 Å². The Bertz CT molecular complexity index is 872. The highest BCUT2D eigenvalue weighted by molar-refractivity contribution is 6.02. The maximum atomic E-state index is 12.9. The van der Waals surface area contributed by atoms with Crippen LogP contribution in [0.15, 0.2) is 30.5 Å². The number of hydrogen-bond donors (Lipinski definition) is 2. The maximum absolute atomic E-state index is 12.9. The van der Waals surface area contributed by atoms with E-state index in [4.69, 9.17) is 5.73 Å². The van der Waals surface area contributed by atoms with Gasteiger partial charge in [-0.15, -0.1) is 0 Å². The molecule has 2 aromatic rings. The first-order valence-electron chi connectivity index (χ1n) is 8.83. The van der Waals surface area contributed by atoms with Crippen LogP contribution in [-0.4, -0.2) is 51.9 Å². The molecule has 3 N–H and O–H groups in total. The van der Waals surface area contributed by atoms with E-state index in [-0.39, 0.29) is 30.1 Å². The molecule has 0 saturated carbocycles. The Morgan fingerprint density at radius 3 is 2.63 bits per heavy atom. The van der Waals surface area contributed by atoms with Crippen molar-refractivity contribution < 1.29 is 14.4 Å². The normalized spacial score (nSPS) is 16.4. The predicted octanol–water partition coefficient (Wildman–Crippen LogP) is 0.930. The van der Waals surface area contributed by atoms with Crippen LogP contribution in [-0.2, 0) is 9.59 Å². The molecule has 1 atom stereocenters. The van der Waals surface area contributed by atoms with Crippen molar-refractivity contribution in [1.82, 2.24) is 20.0 Å². The molecule has 2 amide bonds. The number of ketones is 1. The molecule has 0 bridgehead atoms. The lowest BCUT2D eigenvalue weighted by Gasteiger charge is -2.16. The van der Waals surface area contributed by atoms with E-state index in [1.807, 2.05) is 31.2 Å². The van der Waals surface area contributed by atoms with E-state index < -0.39 is 0 Å². The van der Waals surface area contributed by atoms with Crippen LogP contribution >= 0.6 is 0 Å². The van der Waals surface area contributed by atoms with Gasteiger partial charge in [0.25, 0.3) is 0 Å². The average Bonchev–Trinajstić information content (AvgIpc) is 3.27. The number of likely N-dealkylation sites (tertiary alicyclic amines) is 1. The van der Waals surface area contributed by atoms with E-state index in [0.29, 0.717) is 30.9 Å². The van der Waals surface area contributed by atoms with Crippen molar-refractivity contribution in [3.05, 3.63) is 41.6 Å². The Balaban J connectivity index is 1.69. The van der Waals surface area contributed by atoms with Crippen LogP contribution in [0.4, 0.5) is 5.82 Å². The number of anilines is 1. The second-order valence-electron chi connectivity index (χ2n) is 6.79. The number of nitrogens with zero attached hydrogens (tertiary/aromatic N) is 3. The number of nitrogens with one attached hydrogen (secondary N) is 1. The summed E-state index contributed by atoms with van der Waals surface area (Å²) < 4.78 is 1.54. The molecule has 0 unspecified atom stereocenters. The first-order valence-corrected chi connectivity index (χ1v) is 8.83. The molecule has 1 aromatic heterocycles. The van der Waals surface area contributed by atoms with Gasteiger partial charge in [0.05, 0.1) is 24.0 Å². The average molecular weight is 369 g/mol. The Morgan fingerprint density at radius 1 is 1.26 bits per heavy atom. The zero-order valence-corrected chi connectivity index (χ0v) is 15.4. The first-order chi connectivity index (χ1) is 12.9. The number of hydrogen-bond acceptors (Lipinski definition) is 5. The van der Waals surface area contributed by atoms with E-state index in [1.165, 1.54) is 13.1 Å². The van der Waals surface area contributed by atoms with Gasteiger partial charge in [0.15, 0.2) is 5.78 Å². The molecular weight excluding hydrogens is 346 g/mol. The van der Waals surface area contributed by atoms with E-state index in [1.54, 1.807) is 9.58 Å². The Kier molecular flexibility index (Phi) is 5.25. The Hall–Kier alpha value is -3.16. The number of benzene rings is 1. The summed E-state index contributed by atoms with van der Waals surface area (Å²) in [6.45, 7) is 4.11. The molecule has 142 valence electrons. The fourth-order valence-electron chi connectivity index (χ4n) is 3.17. The summed E-state index contributed by atoms with van der Waals surface area (Å²) in [5.74, 6) is -0.577. The summed E-state index contributed by atoms with van der Waals surface area (Å²) in [6, 6.07) is 7.69. The Morgan fingerprint density at radius 2 is 1.96 bits per heavy atom. The monoisotopic (exact) mass is 369 g/mol. The minimum atomic E-state index is -0.316. The van der Waals surface area contributed by atoms with Gasteiger partial charge in [-0.25, -0.2) is 4.68 Å². The van der Waals surface area contributed by atoms with E-state index in [0.717, 1.165) is 11.3 Å². The molecule has 1 saturated heterocycles. The van der Waals surface area contributed by atoms with E-state index in [9.17, 15) is 14.4 Å². The minimum Gasteiger partial charge on any atom is -0.383 e. The third-order valence-electron chi connectivity index (χ3n) is 4.75. The summed E-state index contributed by atoms with van der Waals surface area (Å²) in [5, 5.41) is 6.74. The summed E-state index contributed by atoms with van der Waals surface area (Å²) in [7, 11) is 0. The lowest BCUT2D eigenvalue weighted by atomic mass is 9.98. The highest BCUT2D eigenvalue weighted by Crippen LogP contribution is 2.25. The molecule has 27 heavy (non-hydrogen) atoms. The number of nitrogen functional groups attached to an aromatic ring is 1. The van der Waals surface area contributed by atoms with Crippen LogP contribution in [0, 0.1) is 12.8 Å². The number of aryl methyl sites for hydroxylation is 1. The molecule has 1 aliphatic rings. The molecule has 3 rings (SSSR count). The van der Waals surface area contributed by atoms with Gasteiger partial charge in [-0.3, -0.25) is 14.4 Å². The molecule has 8 nitrogen and oxygen atoms in total. The molecule has 1 aliphatic heterocycles. The molecular formula is C19H23N5O3. The standard InChI is InChI=1S/C19H23N5O3/c1-12-3-5-15(6-4-12)24-19(20)16(9-22-24)18(27)14-7-8-23(11-14)17(26)10-21-13(2)25/h3-6,9,14H,7-8,10-11,20H2,1-2H3,(H,21,25)/t14-/m0/s1. The molecule has 0 aliphatic carbocycles. The lowest BCUT2D eigenvalue weighted by Crippen LogP contribution is -2.38. The van der Waals surface area contributed by atoms with Crippen LogP contribution in [0.5, 0.6) is 0 Å². The van der Waals surface area contributed by atoms with Crippen molar-refractivity contribution in [3.8, 4) is 5.69 Å². The second kappa shape index (κ2) is 7.61. The van der Waals surface area contributed by atoms with Gasteiger partial charge < -0.3 is 16.0 Å². The second-order valence-corrected chi connectivity index (χ2v) is 6.79. The number of rotatable bonds is 5. The maximum Gasteiger partial charge on any atom is 0.241 e. The van der Waals surface area contributed by atoms with Crippen molar-refractivity contribution in [2.24, 2.45) is 5.92 Å². The number of Topliss-reactive ketones (excluding diaryl/α,β-unsaturated/α-hetero) is 1. The zero-order chi connectivity index (χ0) is 19.6. The van der Waals surface area contributed by atoms with Crippen LogP contribution in [0.3, 0.4) is 0 Å². The molecule has 0 spiro atoms. The fraction of sp³-hybridized carbons (Fsp3) is 0.368. The van der Waals surface area contributed by atoms with Crippen molar-refractivity contribution in [2.45, 2.75) is 20.3 Å². The van der Waals surface area contributed by atoms with Crippen molar-refractivity contribution in [2.75, 3.05) is 25.4 Å². The molecule has 1 fully saturated rings. The lowest BCUT2D eigenvalue weighted by molar-refractivity contribution is -0.131. The summed E-state index contributed by atoms with van der Waals surface area (Å²) in [4.78, 5) is 37.5. The largest absolute Gasteiger partial charge is 0.383 e. The minimum absolute atomic E-state index is 0.0518. The van der Waals surface area contributed by atoms with Crippen molar-refractivity contribution >= 4 is 23.4 Å².